The third kappa shape index (κ3) is 2.88. The van der Waals surface area contributed by atoms with Gasteiger partial charge in [0.15, 0.2) is 0 Å². The first kappa shape index (κ1) is 14.0. The Bertz CT molecular complexity index is 480. The van der Waals surface area contributed by atoms with Gasteiger partial charge in [0.1, 0.15) is 0 Å². The smallest absolute Gasteiger partial charge is 0.223 e. The summed E-state index contributed by atoms with van der Waals surface area (Å²) in [6.07, 6.45) is 5.70. The van der Waals surface area contributed by atoms with Crippen LogP contribution in [0.15, 0.2) is 5.38 Å². The predicted octanol–water partition coefficient (Wildman–Crippen LogP) is 2.77. The lowest BCUT2D eigenvalue weighted by atomic mass is 9.92. The molecule has 20 heavy (non-hydrogen) atoms. The highest BCUT2D eigenvalue weighted by atomic mass is 32.1. The van der Waals surface area contributed by atoms with Gasteiger partial charge in [0.2, 0.25) is 5.91 Å². The molecule has 0 saturated carbocycles. The van der Waals surface area contributed by atoms with Crippen LogP contribution in [0, 0.1) is 0 Å². The van der Waals surface area contributed by atoms with Crippen LogP contribution in [0.1, 0.15) is 49.7 Å². The summed E-state index contributed by atoms with van der Waals surface area (Å²) in [6.45, 7) is 4.43. The van der Waals surface area contributed by atoms with Gasteiger partial charge in [0.05, 0.1) is 22.8 Å². The molecule has 1 spiro atoms. The van der Waals surface area contributed by atoms with Crippen LogP contribution in [0.3, 0.4) is 0 Å². The Balaban J connectivity index is 1.65. The number of carbonyl (C=O) groups excluding carboxylic acids is 1. The molecule has 0 aromatic carbocycles. The highest BCUT2D eigenvalue weighted by molar-refractivity contribution is 7.09. The van der Waals surface area contributed by atoms with Gasteiger partial charge in [-0.1, -0.05) is 6.92 Å². The van der Waals surface area contributed by atoms with Crippen LogP contribution in [0.2, 0.25) is 0 Å². The summed E-state index contributed by atoms with van der Waals surface area (Å²) in [5.41, 5.74) is 1.02. The van der Waals surface area contributed by atoms with Crippen molar-refractivity contribution in [2.75, 3.05) is 13.2 Å². The lowest BCUT2D eigenvalue weighted by Gasteiger charge is -2.26. The molecule has 5 heteroatoms. The van der Waals surface area contributed by atoms with Crippen molar-refractivity contribution in [3.8, 4) is 0 Å². The summed E-state index contributed by atoms with van der Waals surface area (Å²) in [5.74, 6) is 0.253. The van der Waals surface area contributed by atoms with Gasteiger partial charge in [-0.2, -0.15) is 0 Å². The number of likely N-dealkylation sites (tertiary alicyclic amines) is 1. The fourth-order valence-corrected chi connectivity index (χ4v) is 3.91. The van der Waals surface area contributed by atoms with E-state index in [1.54, 1.807) is 11.3 Å². The van der Waals surface area contributed by atoms with Crippen molar-refractivity contribution in [2.24, 2.45) is 0 Å². The normalized spacial score (nSPS) is 27.2. The first-order valence-electron chi connectivity index (χ1n) is 7.56. The van der Waals surface area contributed by atoms with E-state index in [0.717, 1.165) is 56.0 Å². The Morgan fingerprint density at radius 3 is 3.05 bits per heavy atom. The van der Waals surface area contributed by atoms with Gasteiger partial charge >= 0.3 is 0 Å². The third-order valence-corrected chi connectivity index (χ3v) is 5.47. The molecule has 0 radical (unpaired) electrons. The number of aromatic nitrogens is 1. The Hall–Kier alpha value is -0.940. The highest BCUT2D eigenvalue weighted by Gasteiger charge is 2.38. The maximum absolute atomic E-state index is 12.3. The largest absolute Gasteiger partial charge is 0.375 e. The number of amides is 1. The quantitative estimate of drug-likeness (QED) is 0.861. The van der Waals surface area contributed by atoms with Crippen LogP contribution in [-0.4, -0.2) is 34.5 Å². The molecule has 2 saturated heterocycles. The van der Waals surface area contributed by atoms with Gasteiger partial charge in [-0.3, -0.25) is 4.79 Å². The van der Waals surface area contributed by atoms with E-state index in [-0.39, 0.29) is 11.5 Å². The van der Waals surface area contributed by atoms with Crippen LogP contribution in [0.5, 0.6) is 0 Å². The standard InChI is InChI=1S/C15H22N2O2S/c1-2-13-16-12(11-20-13)10-17-8-7-15(5-3-9-19-15)6-4-14(17)18/h11H,2-10H2,1H3. The molecule has 110 valence electrons. The molecule has 3 rings (SSSR count). The number of thiazole rings is 1. The van der Waals surface area contributed by atoms with Gasteiger partial charge in [0, 0.05) is 25.0 Å². The second kappa shape index (κ2) is 5.82. The molecule has 1 atom stereocenters. The number of aryl methyl sites for hydroxylation is 1. The van der Waals surface area contributed by atoms with Gasteiger partial charge in [-0.15, -0.1) is 11.3 Å². The summed E-state index contributed by atoms with van der Waals surface area (Å²) in [4.78, 5) is 18.8. The fraction of sp³-hybridized carbons (Fsp3) is 0.733. The van der Waals surface area contributed by atoms with Crippen LogP contribution < -0.4 is 0 Å². The van der Waals surface area contributed by atoms with Crippen molar-refractivity contribution in [3.05, 3.63) is 16.1 Å². The predicted molar refractivity (Wildman–Crippen MR) is 78.7 cm³/mol. The van der Waals surface area contributed by atoms with Gasteiger partial charge in [-0.05, 0) is 32.1 Å². The Morgan fingerprint density at radius 1 is 1.45 bits per heavy atom. The molecule has 1 aromatic rings. The van der Waals surface area contributed by atoms with Crippen molar-refractivity contribution >= 4 is 17.2 Å². The minimum absolute atomic E-state index is 0.0128. The Morgan fingerprint density at radius 2 is 2.35 bits per heavy atom. The molecule has 0 bridgehead atoms. The van der Waals surface area contributed by atoms with E-state index in [1.807, 2.05) is 4.90 Å². The molecular formula is C15H22N2O2S. The zero-order chi connectivity index (χ0) is 14.0. The van der Waals surface area contributed by atoms with E-state index in [4.69, 9.17) is 4.74 Å². The molecule has 2 aliphatic rings. The average Bonchev–Trinajstić information content (AvgIpc) is 3.07. The van der Waals surface area contributed by atoms with E-state index in [0.29, 0.717) is 13.0 Å². The van der Waals surface area contributed by atoms with Crippen LogP contribution in [-0.2, 0) is 22.5 Å². The van der Waals surface area contributed by atoms with Crippen molar-refractivity contribution in [3.63, 3.8) is 0 Å². The SMILES string of the molecule is CCc1nc(CN2CCC3(CCCO3)CCC2=O)cs1. The van der Waals surface area contributed by atoms with E-state index < -0.39 is 0 Å². The van der Waals surface area contributed by atoms with E-state index >= 15 is 0 Å². The van der Waals surface area contributed by atoms with Gasteiger partial charge in [-0.25, -0.2) is 4.98 Å². The average molecular weight is 294 g/mol. The first-order chi connectivity index (χ1) is 9.71. The molecule has 1 unspecified atom stereocenters. The van der Waals surface area contributed by atoms with Gasteiger partial charge in [0.25, 0.3) is 0 Å². The maximum Gasteiger partial charge on any atom is 0.223 e. The fourth-order valence-electron chi connectivity index (χ4n) is 3.18. The lowest BCUT2D eigenvalue weighted by molar-refractivity contribution is -0.131. The van der Waals surface area contributed by atoms with Crippen LogP contribution >= 0.6 is 11.3 Å². The van der Waals surface area contributed by atoms with Crippen LogP contribution in [0.25, 0.3) is 0 Å². The van der Waals surface area contributed by atoms with E-state index in [9.17, 15) is 4.79 Å². The maximum atomic E-state index is 12.3. The Labute approximate surface area is 124 Å². The molecular weight excluding hydrogens is 272 g/mol. The number of carbonyl (C=O) groups is 1. The zero-order valence-electron chi connectivity index (χ0n) is 12.1. The van der Waals surface area contributed by atoms with Crippen molar-refractivity contribution in [1.29, 1.82) is 0 Å². The minimum atomic E-state index is -0.0128. The second-order valence-electron chi connectivity index (χ2n) is 5.79. The third-order valence-electron chi connectivity index (χ3n) is 4.42. The zero-order valence-corrected chi connectivity index (χ0v) is 12.9. The topological polar surface area (TPSA) is 42.4 Å². The molecule has 0 aliphatic carbocycles. The molecule has 4 nitrogen and oxygen atoms in total. The molecule has 1 amide bonds. The highest BCUT2D eigenvalue weighted by Crippen LogP contribution is 2.36. The monoisotopic (exact) mass is 294 g/mol. The summed E-state index contributed by atoms with van der Waals surface area (Å²) < 4.78 is 5.94. The number of ether oxygens (including phenoxy) is 1. The van der Waals surface area contributed by atoms with Crippen molar-refractivity contribution in [2.45, 2.75) is 57.6 Å². The molecule has 0 N–H and O–H groups in total. The summed E-state index contributed by atoms with van der Waals surface area (Å²) >= 11 is 1.69. The van der Waals surface area contributed by atoms with E-state index in [2.05, 4.69) is 17.3 Å². The second-order valence-corrected chi connectivity index (χ2v) is 6.73. The number of nitrogens with zero attached hydrogens (tertiary/aromatic N) is 2. The Kier molecular flexibility index (Phi) is 4.08. The molecule has 1 aromatic heterocycles. The van der Waals surface area contributed by atoms with Gasteiger partial charge < -0.3 is 9.64 Å². The van der Waals surface area contributed by atoms with Crippen LogP contribution in [0.4, 0.5) is 0 Å². The molecule has 2 fully saturated rings. The number of hydrogen-bond acceptors (Lipinski definition) is 4. The first-order valence-corrected chi connectivity index (χ1v) is 8.44. The summed E-state index contributed by atoms with van der Waals surface area (Å²) in [6, 6.07) is 0. The van der Waals surface area contributed by atoms with Crippen molar-refractivity contribution in [1.82, 2.24) is 9.88 Å². The minimum Gasteiger partial charge on any atom is -0.375 e. The van der Waals surface area contributed by atoms with Crippen molar-refractivity contribution < 1.29 is 9.53 Å². The molecule has 2 aliphatic heterocycles. The lowest BCUT2D eigenvalue weighted by Crippen LogP contribution is -2.32. The molecule has 3 heterocycles. The summed E-state index contributed by atoms with van der Waals surface area (Å²) in [5, 5.41) is 3.23. The number of rotatable bonds is 3. The van der Waals surface area contributed by atoms with E-state index in [1.165, 1.54) is 0 Å². The number of hydrogen-bond donors (Lipinski definition) is 0. The summed E-state index contributed by atoms with van der Waals surface area (Å²) in [7, 11) is 0.